The predicted octanol–water partition coefficient (Wildman–Crippen LogP) is 1.53. The van der Waals surface area contributed by atoms with Gasteiger partial charge < -0.3 is 10.6 Å². The zero-order valence-corrected chi connectivity index (χ0v) is 11.0. The van der Waals surface area contributed by atoms with Crippen LogP contribution in [0, 0.1) is 6.92 Å². The summed E-state index contributed by atoms with van der Waals surface area (Å²) in [6, 6.07) is 3.53. The molecule has 0 atom stereocenters. The Hall–Kier alpha value is -1.49. The zero-order chi connectivity index (χ0) is 12.8. The van der Waals surface area contributed by atoms with E-state index in [1.165, 1.54) is 0 Å². The summed E-state index contributed by atoms with van der Waals surface area (Å²) in [6.07, 6.45) is 2.54. The minimum atomic E-state index is -0.0646. The van der Waals surface area contributed by atoms with Crippen LogP contribution in [0.15, 0.2) is 18.3 Å². The fraction of sp³-hybridized carbons (Fsp3) is 0.417. The van der Waals surface area contributed by atoms with Gasteiger partial charge in [0.1, 0.15) is 0 Å². The highest BCUT2D eigenvalue weighted by atomic mass is 32.1. The smallest absolute Gasteiger partial charge is 0.256 e. The standard InChI is InChI=1S/C12H17N3OS/c1-3-7-15(8-11(13)17)12(16)10-5-4-6-14-9(10)2/h4-6H,3,7-8H2,1-2H3,(H2,13,17). The second-order valence-corrected chi connectivity index (χ2v) is 4.35. The fourth-order valence-corrected chi connectivity index (χ4v) is 1.75. The summed E-state index contributed by atoms with van der Waals surface area (Å²) in [6.45, 7) is 4.79. The number of nitrogens with zero attached hydrogens (tertiary/aromatic N) is 2. The van der Waals surface area contributed by atoms with Gasteiger partial charge in [-0.3, -0.25) is 9.78 Å². The molecular formula is C12H17N3OS. The van der Waals surface area contributed by atoms with Crippen molar-refractivity contribution in [2.45, 2.75) is 20.3 Å². The Kier molecular flexibility index (Phi) is 5.03. The number of nitrogens with two attached hydrogens (primary N) is 1. The zero-order valence-electron chi connectivity index (χ0n) is 10.1. The number of carbonyl (C=O) groups excluding carboxylic acids is 1. The van der Waals surface area contributed by atoms with Gasteiger partial charge in [-0.05, 0) is 25.5 Å². The molecule has 0 spiro atoms. The number of aryl methyl sites for hydroxylation is 1. The van der Waals surface area contributed by atoms with Gasteiger partial charge in [0.05, 0.1) is 17.1 Å². The molecule has 0 saturated carbocycles. The topological polar surface area (TPSA) is 59.2 Å². The molecule has 1 amide bonds. The molecule has 0 aromatic carbocycles. The summed E-state index contributed by atoms with van der Waals surface area (Å²) < 4.78 is 0. The number of rotatable bonds is 5. The molecule has 1 aromatic heterocycles. The highest BCUT2D eigenvalue weighted by Crippen LogP contribution is 2.08. The molecule has 0 bridgehead atoms. The normalized spacial score (nSPS) is 10.0. The SMILES string of the molecule is CCCN(CC(N)=S)C(=O)c1cccnc1C. The number of carbonyl (C=O) groups is 1. The summed E-state index contributed by atoms with van der Waals surface area (Å²) in [5, 5.41) is 0. The third-order valence-electron chi connectivity index (χ3n) is 2.36. The number of aromatic nitrogens is 1. The third-order valence-corrected chi connectivity index (χ3v) is 2.49. The van der Waals surface area contributed by atoms with E-state index in [1.807, 2.05) is 13.8 Å². The van der Waals surface area contributed by atoms with Crippen LogP contribution < -0.4 is 5.73 Å². The molecule has 0 fully saturated rings. The molecule has 5 heteroatoms. The highest BCUT2D eigenvalue weighted by Gasteiger charge is 2.17. The van der Waals surface area contributed by atoms with Crippen molar-refractivity contribution in [3.63, 3.8) is 0 Å². The van der Waals surface area contributed by atoms with Crippen LogP contribution in [-0.2, 0) is 0 Å². The van der Waals surface area contributed by atoms with Crippen LogP contribution in [0.3, 0.4) is 0 Å². The van der Waals surface area contributed by atoms with E-state index in [9.17, 15) is 4.79 Å². The molecule has 0 unspecified atom stereocenters. The maximum absolute atomic E-state index is 12.3. The van der Waals surface area contributed by atoms with Gasteiger partial charge in [0.25, 0.3) is 5.91 Å². The first-order valence-corrected chi connectivity index (χ1v) is 5.96. The lowest BCUT2D eigenvalue weighted by Gasteiger charge is -2.22. The number of amides is 1. The predicted molar refractivity (Wildman–Crippen MR) is 72.0 cm³/mol. The molecule has 92 valence electrons. The minimum Gasteiger partial charge on any atom is -0.392 e. The Morgan fingerprint density at radius 2 is 2.29 bits per heavy atom. The third kappa shape index (κ3) is 3.78. The Labute approximate surface area is 107 Å². The first-order chi connectivity index (χ1) is 8.06. The first-order valence-electron chi connectivity index (χ1n) is 5.55. The largest absolute Gasteiger partial charge is 0.392 e. The van der Waals surface area contributed by atoms with Crippen molar-refractivity contribution in [1.29, 1.82) is 0 Å². The van der Waals surface area contributed by atoms with Crippen molar-refractivity contribution in [3.8, 4) is 0 Å². The van der Waals surface area contributed by atoms with E-state index in [4.69, 9.17) is 18.0 Å². The van der Waals surface area contributed by atoms with Gasteiger partial charge in [-0.15, -0.1) is 0 Å². The molecule has 0 aliphatic carbocycles. The van der Waals surface area contributed by atoms with Crippen LogP contribution in [0.5, 0.6) is 0 Å². The van der Waals surface area contributed by atoms with Gasteiger partial charge in [-0.2, -0.15) is 0 Å². The van der Waals surface area contributed by atoms with Gasteiger partial charge in [-0.25, -0.2) is 0 Å². The lowest BCUT2D eigenvalue weighted by Crippen LogP contribution is -2.38. The van der Waals surface area contributed by atoms with Crippen molar-refractivity contribution in [1.82, 2.24) is 9.88 Å². The highest BCUT2D eigenvalue weighted by molar-refractivity contribution is 7.80. The summed E-state index contributed by atoms with van der Waals surface area (Å²) >= 11 is 4.86. The second kappa shape index (κ2) is 6.30. The monoisotopic (exact) mass is 251 g/mol. The Morgan fingerprint density at radius 1 is 1.59 bits per heavy atom. The summed E-state index contributed by atoms with van der Waals surface area (Å²) in [7, 11) is 0. The number of hydrogen-bond acceptors (Lipinski definition) is 3. The van der Waals surface area contributed by atoms with Crippen molar-refractivity contribution in [2.24, 2.45) is 5.73 Å². The van der Waals surface area contributed by atoms with E-state index in [-0.39, 0.29) is 5.91 Å². The molecule has 0 saturated heterocycles. The molecule has 17 heavy (non-hydrogen) atoms. The van der Waals surface area contributed by atoms with Crippen LogP contribution in [0.25, 0.3) is 0 Å². The number of hydrogen-bond donors (Lipinski definition) is 1. The molecule has 0 radical (unpaired) electrons. The van der Waals surface area contributed by atoms with Crippen LogP contribution in [0.4, 0.5) is 0 Å². The molecule has 2 N–H and O–H groups in total. The van der Waals surface area contributed by atoms with Crippen molar-refractivity contribution < 1.29 is 4.79 Å². The molecular weight excluding hydrogens is 234 g/mol. The molecule has 1 aromatic rings. The maximum Gasteiger partial charge on any atom is 0.256 e. The number of thiocarbonyl (C=S) groups is 1. The molecule has 1 heterocycles. The van der Waals surface area contributed by atoms with E-state index in [1.54, 1.807) is 23.2 Å². The first kappa shape index (κ1) is 13.6. The van der Waals surface area contributed by atoms with Gasteiger partial charge >= 0.3 is 0 Å². The Balaban J connectivity index is 2.91. The van der Waals surface area contributed by atoms with E-state index in [0.717, 1.165) is 12.1 Å². The summed E-state index contributed by atoms with van der Waals surface area (Å²) in [4.78, 5) is 18.4. The van der Waals surface area contributed by atoms with E-state index in [2.05, 4.69) is 4.98 Å². The van der Waals surface area contributed by atoms with E-state index < -0.39 is 0 Å². The van der Waals surface area contributed by atoms with Crippen LogP contribution in [-0.4, -0.2) is 33.9 Å². The Morgan fingerprint density at radius 3 is 2.82 bits per heavy atom. The van der Waals surface area contributed by atoms with Crippen molar-refractivity contribution in [3.05, 3.63) is 29.6 Å². The van der Waals surface area contributed by atoms with Crippen LogP contribution in [0.2, 0.25) is 0 Å². The average Bonchev–Trinajstić information content (AvgIpc) is 2.28. The van der Waals surface area contributed by atoms with E-state index in [0.29, 0.717) is 23.6 Å². The molecule has 4 nitrogen and oxygen atoms in total. The van der Waals surface area contributed by atoms with Gasteiger partial charge in [0.2, 0.25) is 0 Å². The Bertz CT molecular complexity index is 420. The second-order valence-electron chi connectivity index (χ2n) is 3.83. The summed E-state index contributed by atoms with van der Waals surface area (Å²) in [5.41, 5.74) is 6.83. The average molecular weight is 251 g/mol. The molecule has 0 aliphatic heterocycles. The lowest BCUT2D eigenvalue weighted by atomic mass is 10.1. The maximum atomic E-state index is 12.3. The van der Waals surface area contributed by atoms with Gasteiger partial charge in [-0.1, -0.05) is 19.1 Å². The minimum absolute atomic E-state index is 0.0646. The lowest BCUT2D eigenvalue weighted by molar-refractivity contribution is 0.0778. The van der Waals surface area contributed by atoms with Crippen LogP contribution >= 0.6 is 12.2 Å². The van der Waals surface area contributed by atoms with Crippen LogP contribution in [0.1, 0.15) is 29.4 Å². The van der Waals surface area contributed by atoms with Crippen molar-refractivity contribution >= 4 is 23.1 Å². The molecule has 0 aliphatic rings. The van der Waals surface area contributed by atoms with E-state index >= 15 is 0 Å². The van der Waals surface area contributed by atoms with Gasteiger partial charge in [0, 0.05) is 18.4 Å². The number of pyridine rings is 1. The molecule has 1 rings (SSSR count). The quantitative estimate of drug-likeness (QED) is 0.806. The fourth-order valence-electron chi connectivity index (χ4n) is 1.59. The van der Waals surface area contributed by atoms with Crippen molar-refractivity contribution in [2.75, 3.05) is 13.1 Å². The summed E-state index contributed by atoms with van der Waals surface area (Å²) in [5.74, 6) is -0.0646. The van der Waals surface area contributed by atoms with Gasteiger partial charge in [0.15, 0.2) is 0 Å².